The van der Waals surface area contributed by atoms with Crippen molar-refractivity contribution in [3.8, 4) is 0 Å². The molecule has 0 aromatic carbocycles. The summed E-state index contributed by atoms with van der Waals surface area (Å²) in [5, 5.41) is 0. The molecule has 182 valence electrons. The summed E-state index contributed by atoms with van der Waals surface area (Å²) in [6, 6.07) is -0.863. The second kappa shape index (κ2) is 8.77. The lowest BCUT2D eigenvalue weighted by atomic mass is 10.0. The molecular formula is C21H26F5N5O2. The number of rotatable bonds is 6. The van der Waals surface area contributed by atoms with Gasteiger partial charge in [0, 0.05) is 50.4 Å². The Balaban J connectivity index is 1.42. The van der Waals surface area contributed by atoms with Gasteiger partial charge in [-0.2, -0.15) is 13.2 Å². The molecule has 2 N–H and O–H groups in total. The number of fused-ring (bicyclic) bond motifs is 1. The van der Waals surface area contributed by atoms with Crippen LogP contribution in [0.5, 0.6) is 0 Å². The first kappa shape index (κ1) is 23.8. The smallest absolute Gasteiger partial charge is 0.336 e. The molecule has 0 unspecified atom stereocenters. The number of nitrogens with zero attached hydrogens (tertiary/aromatic N) is 4. The van der Waals surface area contributed by atoms with Crippen LogP contribution in [0.1, 0.15) is 54.9 Å². The first-order chi connectivity index (χ1) is 15.4. The number of hydrogen-bond donors (Lipinski definition) is 1. The van der Waals surface area contributed by atoms with E-state index in [0.717, 1.165) is 17.7 Å². The lowest BCUT2D eigenvalue weighted by molar-refractivity contribution is -0.148. The first-order valence-corrected chi connectivity index (χ1v) is 11.1. The Kier molecular flexibility index (Phi) is 6.32. The molecule has 3 heterocycles. The number of carbonyl (C=O) groups is 2. The van der Waals surface area contributed by atoms with Crippen molar-refractivity contribution >= 4 is 11.8 Å². The number of aromatic nitrogens is 2. The largest absolute Gasteiger partial charge is 0.433 e. The van der Waals surface area contributed by atoms with Crippen molar-refractivity contribution in [1.82, 2.24) is 19.8 Å². The van der Waals surface area contributed by atoms with E-state index in [2.05, 4.69) is 9.97 Å². The Morgan fingerprint density at radius 3 is 2.61 bits per heavy atom. The van der Waals surface area contributed by atoms with Crippen LogP contribution in [0.3, 0.4) is 0 Å². The molecule has 2 aliphatic heterocycles. The highest BCUT2D eigenvalue weighted by molar-refractivity contribution is 5.78. The Labute approximate surface area is 187 Å². The minimum absolute atomic E-state index is 0.0107. The third-order valence-electron chi connectivity index (χ3n) is 6.27. The summed E-state index contributed by atoms with van der Waals surface area (Å²) in [6.45, 7) is -0.958. The zero-order chi connectivity index (χ0) is 24.0. The van der Waals surface area contributed by atoms with Gasteiger partial charge in [-0.1, -0.05) is 0 Å². The molecule has 1 aromatic rings. The van der Waals surface area contributed by atoms with E-state index < -0.39 is 48.6 Å². The quantitative estimate of drug-likeness (QED) is 0.638. The summed E-state index contributed by atoms with van der Waals surface area (Å²) >= 11 is 0. The lowest BCUT2D eigenvalue weighted by Gasteiger charge is -2.34. The van der Waals surface area contributed by atoms with Crippen LogP contribution in [0.25, 0.3) is 0 Å². The number of hydrogen-bond acceptors (Lipinski definition) is 5. The van der Waals surface area contributed by atoms with Gasteiger partial charge in [0.1, 0.15) is 5.82 Å². The minimum atomic E-state index is -4.61. The summed E-state index contributed by atoms with van der Waals surface area (Å²) < 4.78 is 67.9. The zero-order valence-electron chi connectivity index (χ0n) is 18.0. The summed E-state index contributed by atoms with van der Waals surface area (Å²) in [5.74, 6) is -3.40. The van der Waals surface area contributed by atoms with Crippen molar-refractivity contribution in [3.05, 3.63) is 22.8 Å². The molecule has 3 aliphatic rings. The van der Waals surface area contributed by atoms with Crippen molar-refractivity contribution in [2.24, 2.45) is 11.7 Å². The van der Waals surface area contributed by atoms with Crippen LogP contribution < -0.4 is 5.73 Å². The molecule has 1 saturated heterocycles. The second-order valence-corrected chi connectivity index (χ2v) is 9.22. The van der Waals surface area contributed by atoms with Crippen molar-refractivity contribution in [2.75, 3.05) is 19.6 Å². The van der Waals surface area contributed by atoms with Gasteiger partial charge in [-0.25, -0.2) is 18.7 Å². The third-order valence-corrected chi connectivity index (χ3v) is 6.27. The molecule has 1 saturated carbocycles. The topological polar surface area (TPSA) is 92.4 Å². The SMILES string of the molecule is N[C@H](CC(=O)N1CCc2c(nc(CC3CC3)nc2C(F)(F)F)C1)CN1CC(F)(F)CCC1=O. The van der Waals surface area contributed by atoms with E-state index in [1.54, 1.807) is 0 Å². The molecule has 7 nitrogen and oxygen atoms in total. The van der Waals surface area contributed by atoms with Crippen LogP contribution in [-0.2, 0) is 35.2 Å². The van der Waals surface area contributed by atoms with Crippen LogP contribution in [0.2, 0.25) is 0 Å². The van der Waals surface area contributed by atoms with Gasteiger partial charge in [0.15, 0.2) is 5.69 Å². The van der Waals surface area contributed by atoms with Gasteiger partial charge < -0.3 is 15.5 Å². The van der Waals surface area contributed by atoms with Gasteiger partial charge in [0.05, 0.1) is 18.8 Å². The van der Waals surface area contributed by atoms with Crippen molar-refractivity contribution in [3.63, 3.8) is 0 Å². The third kappa shape index (κ3) is 5.77. The predicted molar refractivity (Wildman–Crippen MR) is 106 cm³/mol. The number of carbonyl (C=O) groups excluding carboxylic acids is 2. The number of nitrogens with two attached hydrogens (primary N) is 1. The van der Waals surface area contributed by atoms with Crippen molar-refractivity contribution < 1.29 is 31.5 Å². The molecule has 1 atom stereocenters. The van der Waals surface area contributed by atoms with Gasteiger partial charge >= 0.3 is 6.18 Å². The zero-order valence-corrected chi connectivity index (χ0v) is 18.0. The minimum Gasteiger partial charge on any atom is -0.336 e. The Bertz CT molecular complexity index is 934. The van der Waals surface area contributed by atoms with E-state index in [4.69, 9.17) is 5.73 Å². The van der Waals surface area contributed by atoms with Crippen LogP contribution in [0.4, 0.5) is 22.0 Å². The number of halogens is 5. The molecular weight excluding hydrogens is 449 g/mol. The number of likely N-dealkylation sites (tertiary alicyclic amines) is 1. The maximum atomic E-state index is 13.6. The number of piperidine rings is 1. The van der Waals surface area contributed by atoms with E-state index in [9.17, 15) is 31.5 Å². The van der Waals surface area contributed by atoms with Crippen LogP contribution in [-0.4, -0.2) is 63.2 Å². The van der Waals surface area contributed by atoms with Gasteiger partial charge in [-0.15, -0.1) is 0 Å². The van der Waals surface area contributed by atoms with Crippen LogP contribution in [0.15, 0.2) is 0 Å². The Morgan fingerprint density at radius 1 is 1.21 bits per heavy atom. The summed E-state index contributed by atoms with van der Waals surface area (Å²) in [7, 11) is 0. The maximum Gasteiger partial charge on any atom is 0.433 e. The normalized spacial score (nSPS) is 21.7. The lowest BCUT2D eigenvalue weighted by Crippen LogP contribution is -2.51. The van der Waals surface area contributed by atoms with E-state index in [1.807, 2.05) is 0 Å². The van der Waals surface area contributed by atoms with Gasteiger partial charge in [-0.3, -0.25) is 9.59 Å². The first-order valence-electron chi connectivity index (χ1n) is 11.1. The number of alkyl halides is 5. The molecule has 12 heteroatoms. The van der Waals surface area contributed by atoms with Gasteiger partial charge in [0.25, 0.3) is 5.92 Å². The fourth-order valence-corrected chi connectivity index (χ4v) is 4.36. The highest BCUT2D eigenvalue weighted by Gasteiger charge is 2.41. The van der Waals surface area contributed by atoms with Crippen molar-refractivity contribution in [1.29, 1.82) is 0 Å². The molecule has 0 radical (unpaired) electrons. The van der Waals surface area contributed by atoms with Crippen molar-refractivity contribution in [2.45, 2.75) is 69.6 Å². The molecule has 0 bridgehead atoms. The standard InChI is InChI=1S/C21H26F5N5O2/c22-20(23)5-3-17(32)31(11-20)9-13(27)8-18(33)30-6-4-14-15(10-30)28-16(7-12-1-2-12)29-19(14)21(24,25)26/h12-13H,1-11,27H2/t13-/m1/s1. The molecule has 2 amide bonds. The van der Waals surface area contributed by atoms with Crippen LogP contribution >= 0.6 is 0 Å². The average molecular weight is 475 g/mol. The summed E-state index contributed by atoms with van der Waals surface area (Å²) in [6.07, 6.45) is -3.38. The fourth-order valence-electron chi connectivity index (χ4n) is 4.36. The summed E-state index contributed by atoms with van der Waals surface area (Å²) in [5.41, 5.74) is 5.23. The van der Waals surface area contributed by atoms with E-state index in [1.165, 1.54) is 4.90 Å². The molecule has 4 rings (SSSR count). The van der Waals surface area contributed by atoms with E-state index in [-0.39, 0.29) is 56.0 Å². The molecule has 0 spiro atoms. The molecule has 2 fully saturated rings. The molecule has 33 heavy (non-hydrogen) atoms. The highest BCUT2D eigenvalue weighted by atomic mass is 19.4. The van der Waals surface area contributed by atoms with Gasteiger partial charge in [-0.05, 0) is 25.2 Å². The monoisotopic (exact) mass is 475 g/mol. The van der Waals surface area contributed by atoms with Crippen LogP contribution in [0, 0.1) is 5.92 Å². The maximum absolute atomic E-state index is 13.6. The van der Waals surface area contributed by atoms with E-state index in [0.29, 0.717) is 12.3 Å². The van der Waals surface area contributed by atoms with Gasteiger partial charge in [0.2, 0.25) is 11.8 Å². The Morgan fingerprint density at radius 2 is 1.94 bits per heavy atom. The average Bonchev–Trinajstić information content (AvgIpc) is 3.52. The van der Waals surface area contributed by atoms with E-state index >= 15 is 0 Å². The Hall–Kier alpha value is -2.37. The molecule has 1 aliphatic carbocycles. The fraction of sp³-hybridized carbons (Fsp3) is 0.714. The highest BCUT2D eigenvalue weighted by Crippen LogP contribution is 2.36. The number of amides is 2. The molecule has 1 aromatic heterocycles. The second-order valence-electron chi connectivity index (χ2n) is 9.22. The summed E-state index contributed by atoms with van der Waals surface area (Å²) in [4.78, 5) is 35.1. The predicted octanol–water partition coefficient (Wildman–Crippen LogP) is 2.31.